The van der Waals surface area contributed by atoms with Crippen molar-refractivity contribution in [3.63, 3.8) is 0 Å². The molecule has 0 radical (unpaired) electrons. The molecule has 1 amide bonds. The van der Waals surface area contributed by atoms with Gasteiger partial charge in [0.2, 0.25) is 5.91 Å². The second-order valence-electron chi connectivity index (χ2n) is 6.47. The molecule has 4 rings (SSSR count). The summed E-state index contributed by atoms with van der Waals surface area (Å²) in [6.07, 6.45) is 1.40. The summed E-state index contributed by atoms with van der Waals surface area (Å²) in [5, 5.41) is 4.04. The summed E-state index contributed by atoms with van der Waals surface area (Å²) in [5.41, 5.74) is -0.836. The molecule has 154 valence electrons. The van der Waals surface area contributed by atoms with Crippen LogP contribution in [0.25, 0.3) is 22.4 Å². The van der Waals surface area contributed by atoms with E-state index in [0.29, 0.717) is 0 Å². The van der Waals surface area contributed by atoms with Crippen LogP contribution < -0.4 is 16.6 Å². The molecule has 0 aliphatic heterocycles. The molecule has 3 aromatic heterocycles. The van der Waals surface area contributed by atoms with Crippen molar-refractivity contribution in [2.24, 2.45) is 14.1 Å². The summed E-state index contributed by atoms with van der Waals surface area (Å²) in [6, 6.07) is 2.98. The third-order valence-corrected chi connectivity index (χ3v) is 5.22. The van der Waals surface area contributed by atoms with Gasteiger partial charge in [-0.3, -0.25) is 14.2 Å². The van der Waals surface area contributed by atoms with Gasteiger partial charge in [-0.2, -0.15) is 0 Å². The normalized spacial score (nSPS) is 11.2. The number of amides is 1. The van der Waals surface area contributed by atoms with E-state index in [-0.39, 0.29) is 27.6 Å². The van der Waals surface area contributed by atoms with E-state index < -0.39 is 35.3 Å². The van der Waals surface area contributed by atoms with E-state index in [1.165, 1.54) is 27.9 Å². The van der Waals surface area contributed by atoms with Crippen LogP contribution in [-0.4, -0.2) is 29.6 Å². The molecule has 0 spiro atoms. The van der Waals surface area contributed by atoms with Crippen LogP contribution in [0.2, 0.25) is 0 Å². The van der Waals surface area contributed by atoms with Gasteiger partial charge in [-0.25, -0.2) is 28.1 Å². The average Bonchev–Trinajstić information content (AvgIpc) is 3.32. The van der Waals surface area contributed by atoms with E-state index in [0.717, 1.165) is 34.1 Å². The number of thiazole rings is 1. The van der Waals surface area contributed by atoms with E-state index in [4.69, 9.17) is 0 Å². The van der Waals surface area contributed by atoms with Crippen LogP contribution >= 0.6 is 11.3 Å². The fraction of sp³-hybridized carbons (Fsp3) is 0.167. The number of halogens is 2. The zero-order valence-corrected chi connectivity index (χ0v) is 16.5. The van der Waals surface area contributed by atoms with Crippen molar-refractivity contribution in [3.05, 3.63) is 62.4 Å². The van der Waals surface area contributed by atoms with Gasteiger partial charge in [-0.05, 0) is 18.2 Å². The fourth-order valence-electron chi connectivity index (χ4n) is 2.99. The van der Waals surface area contributed by atoms with Crippen molar-refractivity contribution in [2.45, 2.75) is 6.54 Å². The standard InChI is InChI=1S/C18H14F2N6O3S/c1-24-8-21-15-14(24)16(28)26(18(29)25(15)2)6-13(27)23-17-22-12(7-30-17)10-5-9(19)3-4-11(10)20/h3-5,7-8H,6H2,1-2H3,(H,22,23,27). The SMILES string of the molecule is Cn1cnc2c1c(=O)n(CC(=O)Nc1nc(-c3cc(F)ccc3F)cs1)c(=O)n2C. The van der Waals surface area contributed by atoms with Gasteiger partial charge >= 0.3 is 5.69 Å². The Morgan fingerprint density at radius 3 is 2.77 bits per heavy atom. The van der Waals surface area contributed by atoms with Gasteiger partial charge in [0, 0.05) is 25.0 Å². The second kappa shape index (κ2) is 7.30. The zero-order valence-electron chi connectivity index (χ0n) is 15.7. The van der Waals surface area contributed by atoms with Crippen LogP contribution in [0.15, 0.2) is 39.5 Å². The Morgan fingerprint density at radius 1 is 1.23 bits per heavy atom. The number of anilines is 1. The number of rotatable bonds is 4. The number of nitrogens with one attached hydrogen (secondary N) is 1. The maximum Gasteiger partial charge on any atom is 0.332 e. The van der Waals surface area contributed by atoms with Gasteiger partial charge in [-0.1, -0.05) is 0 Å². The van der Waals surface area contributed by atoms with Gasteiger partial charge in [0.05, 0.1) is 12.0 Å². The summed E-state index contributed by atoms with van der Waals surface area (Å²) >= 11 is 0.999. The van der Waals surface area contributed by atoms with Crippen molar-refractivity contribution in [2.75, 3.05) is 5.32 Å². The number of hydrogen-bond donors (Lipinski definition) is 1. The molecule has 1 N–H and O–H groups in total. The van der Waals surface area contributed by atoms with E-state index in [1.54, 1.807) is 7.05 Å². The number of aromatic nitrogens is 5. The minimum absolute atomic E-state index is 0.0431. The van der Waals surface area contributed by atoms with Gasteiger partial charge in [-0.15, -0.1) is 11.3 Å². The van der Waals surface area contributed by atoms with Gasteiger partial charge < -0.3 is 9.88 Å². The van der Waals surface area contributed by atoms with Gasteiger partial charge in [0.1, 0.15) is 18.2 Å². The predicted octanol–water partition coefficient (Wildman–Crippen LogP) is 1.47. The smallest absolute Gasteiger partial charge is 0.328 e. The molecule has 0 saturated carbocycles. The molecule has 1 aromatic carbocycles. The number of carbonyl (C=O) groups is 1. The highest BCUT2D eigenvalue weighted by molar-refractivity contribution is 7.14. The van der Waals surface area contributed by atoms with Gasteiger partial charge in [0.25, 0.3) is 5.56 Å². The molecule has 0 aliphatic rings. The third kappa shape index (κ3) is 3.30. The summed E-state index contributed by atoms with van der Waals surface area (Å²) in [6.45, 7) is -0.546. The first-order chi connectivity index (χ1) is 14.3. The summed E-state index contributed by atoms with van der Waals surface area (Å²) < 4.78 is 30.7. The summed E-state index contributed by atoms with van der Waals surface area (Å²) in [4.78, 5) is 45.6. The number of aryl methyl sites for hydroxylation is 2. The lowest BCUT2D eigenvalue weighted by Crippen LogP contribution is -2.42. The molecular weight excluding hydrogens is 418 g/mol. The number of nitrogens with zero attached hydrogens (tertiary/aromatic N) is 5. The average molecular weight is 432 g/mol. The lowest BCUT2D eigenvalue weighted by atomic mass is 10.1. The molecule has 0 unspecified atom stereocenters. The quantitative estimate of drug-likeness (QED) is 0.526. The first kappa shape index (κ1) is 19.6. The molecular formula is C18H14F2N6O3S. The Labute approximate surface area is 170 Å². The molecule has 4 aromatic rings. The van der Waals surface area contributed by atoms with Crippen molar-refractivity contribution < 1.29 is 13.6 Å². The Morgan fingerprint density at radius 2 is 2.00 bits per heavy atom. The van der Waals surface area contributed by atoms with Crippen molar-refractivity contribution in [1.82, 2.24) is 23.7 Å². The summed E-state index contributed by atoms with van der Waals surface area (Å²) in [5.74, 6) is -1.94. The van der Waals surface area contributed by atoms with Crippen LogP contribution in [0.1, 0.15) is 0 Å². The molecule has 9 nitrogen and oxygen atoms in total. The number of imidazole rings is 1. The van der Waals surface area contributed by atoms with Crippen molar-refractivity contribution >= 4 is 33.5 Å². The van der Waals surface area contributed by atoms with E-state index in [1.807, 2.05) is 0 Å². The van der Waals surface area contributed by atoms with Crippen LogP contribution in [0, 0.1) is 11.6 Å². The molecule has 0 aliphatic carbocycles. The minimum Gasteiger partial charge on any atom is -0.328 e. The van der Waals surface area contributed by atoms with Crippen LogP contribution in [0.5, 0.6) is 0 Å². The topological polar surface area (TPSA) is 104 Å². The molecule has 12 heteroatoms. The van der Waals surface area contributed by atoms with Crippen LogP contribution in [0.4, 0.5) is 13.9 Å². The van der Waals surface area contributed by atoms with Crippen LogP contribution in [-0.2, 0) is 25.4 Å². The summed E-state index contributed by atoms with van der Waals surface area (Å²) in [7, 11) is 3.06. The predicted molar refractivity (Wildman–Crippen MR) is 106 cm³/mol. The number of fused-ring (bicyclic) bond motifs is 1. The van der Waals surface area contributed by atoms with E-state index >= 15 is 0 Å². The Kier molecular flexibility index (Phi) is 4.78. The highest BCUT2D eigenvalue weighted by atomic mass is 32.1. The first-order valence-electron chi connectivity index (χ1n) is 8.58. The molecule has 0 atom stereocenters. The second-order valence-corrected chi connectivity index (χ2v) is 7.33. The number of carbonyl (C=O) groups excluding carboxylic acids is 1. The molecule has 0 bridgehead atoms. The first-order valence-corrected chi connectivity index (χ1v) is 9.46. The Bertz CT molecular complexity index is 1420. The molecule has 30 heavy (non-hydrogen) atoms. The van der Waals surface area contributed by atoms with Crippen molar-refractivity contribution in [3.8, 4) is 11.3 Å². The maximum absolute atomic E-state index is 13.9. The molecule has 0 saturated heterocycles. The van der Waals surface area contributed by atoms with Crippen LogP contribution in [0.3, 0.4) is 0 Å². The zero-order chi connectivity index (χ0) is 21.6. The van der Waals surface area contributed by atoms with Crippen molar-refractivity contribution in [1.29, 1.82) is 0 Å². The molecule has 3 heterocycles. The minimum atomic E-state index is -0.692. The molecule has 0 fully saturated rings. The monoisotopic (exact) mass is 432 g/mol. The Hall–Kier alpha value is -3.67. The largest absolute Gasteiger partial charge is 0.332 e. The maximum atomic E-state index is 13.9. The van der Waals surface area contributed by atoms with E-state index in [9.17, 15) is 23.2 Å². The lowest BCUT2D eigenvalue weighted by Gasteiger charge is -2.08. The highest BCUT2D eigenvalue weighted by Gasteiger charge is 2.18. The number of hydrogen-bond acceptors (Lipinski definition) is 6. The highest BCUT2D eigenvalue weighted by Crippen LogP contribution is 2.27. The lowest BCUT2D eigenvalue weighted by molar-refractivity contribution is -0.116. The number of benzene rings is 1. The van der Waals surface area contributed by atoms with Gasteiger partial charge in [0.15, 0.2) is 16.3 Å². The van der Waals surface area contributed by atoms with E-state index in [2.05, 4.69) is 15.3 Å². The third-order valence-electron chi connectivity index (χ3n) is 4.46. The Balaban J connectivity index is 1.60. The fourth-order valence-corrected chi connectivity index (χ4v) is 3.71.